The van der Waals surface area contributed by atoms with Crippen molar-refractivity contribution in [1.82, 2.24) is 19.6 Å². The fraction of sp³-hybridized carbons (Fsp3) is 0.500. The van der Waals surface area contributed by atoms with E-state index in [1.165, 1.54) is 6.20 Å². The van der Waals surface area contributed by atoms with Crippen LogP contribution in [0, 0.1) is 0 Å². The Morgan fingerprint density at radius 2 is 2.21 bits per heavy atom. The van der Waals surface area contributed by atoms with Gasteiger partial charge >= 0.3 is 0 Å². The van der Waals surface area contributed by atoms with E-state index in [1.54, 1.807) is 34.7 Å². The van der Waals surface area contributed by atoms with Crippen LogP contribution in [0.15, 0.2) is 24.5 Å². The molecule has 0 bridgehead atoms. The number of pyridine rings is 1. The van der Waals surface area contributed by atoms with Gasteiger partial charge in [0.2, 0.25) is 0 Å². The summed E-state index contributed by atoms with van der Waals surface area (Å²) in [5.41, 5.74) is 1.08. The van der Waals surface area contributed by atoms with Crippen LogP contribution in [0.2, 0.25) is 0 Å². The van der Waals surface area contributed by atoms with Crippen molar-refractivity contribution < 1.29 is 18.3 Å². The second kappa shape index (κ2) is 7.12. The van der Waals surface area contributed by atoms with E-state index in [4.69, 9.17) is 4.74 Å². The van der Waals surface area contributed by atoms with Gasteiger partial charge in [-0.05, 0) is 18.9 Å². The molecule has 0 atom stereocenters. The lowest BCUT2D eigenvalue weighted by Gasteiger charge is -2.31. The maximum atomic E-state index is 12.5. The van der Waals surface area contributed by atoms with Gasteiger partial charge in [-0.2, -0.15) is 0 Å². The summed E-state index contributed by atoms with van der Waals surface area (Å²) in [7, 11) is 1.57. The normalized spacial score (nSPS) is 16.7. The van der Waals surface area contributed by atoms with Crippen LogP contribution in [0.1, 0.15) is 23.3 Å². The molecule has 0 unspecified atom stereocenters. The lowest BCUT2D eigenvalue weighted by molar-refractivity contribution is 0.0695. The standard InChI is InChI=1S/C16H20F2N4O2/c1-24-12-4-7-22-13(9-19-15(22)8-12)16(23)20-11-2-5-21(6-3-11)10-14(17)18/h4,7-9,11,14H,2-3,5-6,10H2,1H3,(H,20,23). The van der Waals surface area contributed by atoms with Gasteiger partial charge in [0.25, 0.3) is 12.3 Å². The van der Waals surface area contributed by atoms with E-state index in [2.05, 4.69) is 10.3 Å². The molecular formula is C16H20F2N4O2. The van der Waals surface area contributed by atoms with Crippen molar-refractivity contribution in [1.29, 1.82) is 0 Å². The number of likely N-dealkylation sites (tertiary alicyclic amines) is 1. The third-order valence-corrected chi connectivity index (χ3v) is 4.27. The van der Waals surface area contributed by atoms with E-state index < -0.39 is 6.43 Å². The van der Waals surface area contributed by atoms with Crippen LogP contribution in [0.25, 0.3) is 5.65 Å². The highest BCUT2D eigenvalue weighted by atomic mass is 19.3. The summed E-state index contributed by atoms with van der Waals surface area (Å²) in [5.74, 6) is 0.464. The van der Waals surface area contributed by atoms with Crippen LogP contribution < -0.4 is 10.1 Å². The SMILES string of the molecule is COc1ccn2c(C(=O)NC3CCN(CC(F)F)CC3)cnc2c1. The first-order valence-electron chi connectivity index (χ1n) is 7.89. The number of alkyl halides is 2. The van der Waals surface area contributed by atoms with Crippen LogP contribution >= 0.6 is 0 Å². The fourth-order valence-corrected chi connectivity index (χ4v) is 2.97. The van der Waals surface area contributed by atoms with Gasteiger partial charge in [-0.15, -0.1) is 0 Å². The third kappa shape index (κ3) is 3.64. The van der Waals surface area contributed by atoms with Gasteiger partial charge in [0.1, 0.15) is 17.1 Å². The number of nitrogens with zero attached hydrogens (tertiary/aromatic N) is 3. The Hall–Kier alpha value is -2.22. The van der Waals surface area contributed by atoms with Crippen molar-refractivity contribution >= 4 is 11.6 Å². The van der Waals surface area contributed by atoms with Gasteiger partial charge in [0, 0.05) is 31.4 Å². The first-order chi connectivity index (χ1) is 11.6. The summed E-state index contributed by atoms with van der Waals surface area (Å²) in [6.45, 7) is 0.940. The van der Waals surface area contributed by atoms with Crippen molar-refractivity contribution in [3.63, 3.8) is 0 Å². The molecule has 130 valence electrons. The third-order valence-electron chi connectivity index (χ3n) is 4.27. The molecule has 0 saturated carbocycles. The van der Waals surface area contributed by atoms with Gasteiger partial charge in [-0.25, -0.2) is 13.8 Å². The van der Waals surface area contributed by atoms with Gasteiger partial charge < -0.3 is 10.1 Å². The van der Waals surface area contributed by atoms with Crippen molar-refractivity contribution in [3.8, 4) is 5.75 Å². The monoisotopic (exact) mass is 338 g/mol. The Balaban J connectivity index is 1.62. The predicted molar refractivity (Wildman–Crippen MR) is 84.7 cm³/mol. The number of hydrogen-bond acceptors (Lipinski definition) is 4. The molecular weight excluding hydrogens is 318 g/mol. The molecule has 3 rings (SSSR count). The zero-order valence-corrected chi connectivity index (χ0v) is 13.4. The minimum atomic E-state index is -2.31. The second-order valence-corrected chi connectivity index (χ2v) is 5.88. The molecule has 8 heteroatoms. The molecule has 1 amide bonds. The minimum absolute atomic E-state index is 0.00443. The van der Waals surface area contributed by atoms with Crippen LogP contribution in [-0.4, -0.2) is 59.4 Å². The largest absolute Gasteiger partial charge is 0.497 e. The lowest BCUT2D eigenvalue weighted by Crippen LogP contribution is -2.45. The van der Waals surface area contributed by atoms with E-state index in [0.717, 1.165) is 0 Å². The molecule has 1 N–H and O–H groups in total. The average Bonchev–Trinajstić information content (AvgIpc) is 2.99. The number of fused-ring (bicyclic) bond motifs is 1. The quantitative estimate of drug-likeness (QED) is 0.903. The Morgan fingerprint density at radius 3 is 2.88 bits per heavy atom. The molecule has 24 heavy (non-hydrogen) atoms. The molecule has 0 aromatic carbocycles. The molecule has 1 aliphatic heterocycles. The van der Waals surface area contributed by atoms with Crippen molar-refractivity contribution in [2.75, 3.05) is 26.7 Å². The number of aromatic nitrogens is 2. The summed E-state index contributed by atoms with van der Waals surface area (Å²) < 4.78 is 31.6. The van der Waals surface area contributed by atoms with Gasteiger partial charge in [0.05, 0.1) is 19.9 Å². The number of carbonyl (C=O) groups is 1. The molecule has 1 saturated heterocycles. The number of imidazole rings is 1. The number of ether oxygens (including phenoxy) is 1. The highest BCUT2D eigenvalue weighted by molar-refractivity contribution is 5.93. The summed E-state index contributed by atoms with van der Waals surface area (Å²) in [6, 6.07) is 3.50. The maximum absolute atomic E-state index is 12.5. The number of rotatable bonds is 5. The van der Waals surface area contributed by atoms with Crippen LogP contribution in [0.4, 0.5) is 8.78 Å². The lowest BCUT2D eigenvalue weighted by atomic mass is 10.0. The second-order valence-electron chi connectivity index (χ2n) is 5.88. The molecule has 0 spiro atoms. The highest BCUT2D eigenvalue weighted by Crippen LogP contribution is 2.16. The zero-order chi connectivity index (χ0) is 17.1. The number of halogens is 2. The zero-order valence-electron chi connectivity index (χ0n) is 13.4. The van der Waals surface area contributed by atoms with E-state index in [-0.39, 0.29) is 18.5 Å². The van der Waals surface area contributed by atoms with E-state index in [1.807, 2.05) is 0 Å². The molecule has 2 aromatic rings. The van der Waals surface area contributed by atoms with Gasteiger partial charge in [-0.1, -0.05) is 0 Å². The number of carbonyl (C=O) groups excluding carboxylic acids is 1. The number of nitrogens with one attached hydrogen (secondary N) is 1. The predicted octanol–water partition coefficient (Wildman–Crippen LogP) is 1.80. The molecule has 6 nitrogen and oxygen atoms in total. The van der Waals surface area contributed by atoms with E-state index in [0.29, 0.717) is 43.0 Å². The smallest absolute Gasteiger partial charge is 0.270 e. The van der Waals surface area contributed by atoms with Gasteiger partial charge in [0.15, 0.2) is 0 Å². The number of hydrogen-bond donors (Lipinski definition) is 1. The van der Waals surface area contributed by atoms with E-state index in [9.17, 15) is 13.6 Å². The molecule has 1 fully saturated rings. The number of piperidine rings is 1. The van der Waals surface area contributed by atoms with Crippen molar-refractivity contribution in [2.45, 2.75) is 25.3 Å². The van der Waals surface area contributed by atoms with Crippen LogP contribution in [0.3, 0.4) is 0 Å². The van der Waals surface area contributed by atoms with Crippen molar-refractivity contribution in [2.24, 2.45) is 0 Å². The van der Waals surface area contributed by atoms with Crippen LogP contribution in [-0.2, 0) is 0 Å². The Labute approximate surface area is 138 Å². The highest BCUT2D eigenvalue weighted by Gasteiger charge is 2.23. The topological polar surface area (TPSA) is 58.9 Å². The molecule has 0 radical (unpaired) electrons. The Morgan fingerprint density at radius 1 is 1.46 bits per heavy atom. The average molecular weight is 338 g/mol. The van der Waals surface area contributed by atoms with Crippen LogP contribution in [0.5, 0.6) is 5.75 Å². The number of amides is 1. The summed E-state index contributed by atoms with van der Waals surface area (Å²) in [5, 5.41) is 2.97. The molecule has 0 aliphatic carbocycles. The summed E-state index contributed by atoms with van der Waals surface area (Å²) in [4.78, 5) is 18.4. The van der Waals surface area contributed by atoms with Crippen molar-refractivity contribution in [3.05, 3.63) is 30.2 Å². The molecule has 1 aliphatic rings. The summed E-state index contributed by atoms with van der Waals surface area (Å²) in [6.07, 6.45) is 2.29. The fourth-order valence-electron chi connectivity index (χ4n) is 2.97. The van der Waals surface area contributed by atoms with E-state index >= 15 is 0 Å². The number of methoxy groups -OCH3 is 1. The summed E-state index contributed by atoms with van der Waals surface area (Å²) >= 11 is 0. The Kier molecular flexibility index (Phi) is 4.94. The maximum Gasteiger partial charge on any atom is 0.270 e. The first-order valence-corrected chi connectivity index (χ1v) is 7.89. The minimum Gasteiger partial charge on any atom is -0.497 e. The molecule has 2 aromatic heterocycles. The van der Waals surface area contributed by atoms with Gasteiger partial charge in [-0.3, -0.25) is 14.1 Å². The first kappa shape index (κ1) is 16.6. The molecule has 3 heterocycles. The Bertz CT molecular complexity index is 711.